The summed E-state index contributed by atoms with van der Waals surface area (Å²) in [5, 5.41) is 5.30. The van der Waals surface area contributed by atoms with E-state index in [1.807, 2.05) is 24.3 Å². The summed E-state index contributed by atoms with van der Waals surface area (Å²) in [6.45, 7) is -0.530. The second kappa shape index (κ2) is 12.7. The Labute approximate surface area is 208 Å². The van der Waals surface area contributed by atoms with Gasteiger partial charge in [0.05, 0.1) is 31.0 Å². The number of methoxy groups -OCH3 is 2. The van der Waals surface area contributed by atoms with Crippen LogP contribution in [0.4, 0.5) is 11.4 Å². The van der Waals surface area contributed by atoms with Crippen LogP contribution >= 0.6 is 0 Å². The van der Waals surface area contributed by atoms with Crippen LogP contribution in [0.5, 0.6) is 5.75 Å². The molecule has 0 saturated heterocycles. The Morgan fingerprint density at radius 2 is 1.44 bits per heavy atom. The molecule has 9 heteroatoms. The van der Waals surface area contributed by atoms with Crippen molar-refractivity contribution in [3.05, 3.63) is 89.5 Å². The number of carbonyl (C=O) groups excluding carboxylic acids is 4. The van der Waals surface area contributed by atoms with E-state index in [-0.39, 0.29) is 17.9 Å². The summed E-state index contributed by atoms with van der Waals surface area (Å²) >= 11 is 0. The Morgan fingerprint density at radius 3 is 2.11 bits per heavy atom. The van der Waals surface area contributed by atoms with Crippen LogP contribution in [0.15, 0.2) is 72.8 Å². The number of anilines is 2. The van der Waals surface area contributed by atoms with E-state index in [2.05, 4.69) is 15.4 Å². The molecule has 0 radical (unpaired) electrons. The predicted octanol–water partition coefficient (Wildman–Crippen LogP) is 3.85. The van der Waals surface area contributed by atoms with Gasteiger partial charge in [0.15, 0.2) is 6.61 Å². The van der Waals surface area contributed by atoms with Gasteiger partial charge in [-0.15, -0.1) is 0 Å². The molecule has 0 atom stereocenters. The third-order valence-electron chi connectivity index (χ3n) is 5.14. The van der Waals surface area contributed by atoms with E-state index >= 15 is 0 Å². The smallest absolute Gasteiger partial charge is 0.340 e. The average molecular weight is 491 g/mol. The van der Waals surface area contributed by atoms with E-state index in [0.717, 1.165) is 11.3 Å². The van der Waals surface area contributed by atoms with Gasteiger partial charge in [0, 0.05) is 12.1 Å². The maximum Gasteiger partial charge on any atom is 0.340 e. The van der Waals surface area contributed by atoms with Gasteiger partial charge < -0.3 is 24.8 Å². The van der Waals surface area contributed by atoms with Crippen molar-refractivity contribution in [2.45, 2.75) is 12.8 Å². The molecule has 0 fully saturated rings. The van der Waals surface area contributed by atoms with Crippen LogP contribution in [0.3, 0.4) is 0 Å². The molecular weight excluding hydrogens is 464 g/mol. The Hall–Kier alpha value is -4.66. The Morgan fingerprint density at radius 1 is 0.750 bits per heavy atom. The van der Waals surface area contributed by atoms with Crippen molar-refractivity contribution >= 4 is 35.1 Å². The molecule has 36 heavy (non-hydrogen) atoms. The summed E-state index contributed by atoms with van der Waals surface area (Å²) in [5.74, 6) is -1.33. The third kappa shape index (κ3) is 7.42. The van der Waals surface area contributed by atoms with Crippen molar-refractivity contribution in [3.63, 3.8) is 0 Å². The Balaban J connectivity index is 1.51. The van der Waals surface area contributed by atoms with Gasteiger partial charge in [0.25, 0.3) is 5.91 Å². The number of hydrogen-bond donors (Lipinski definition) is 2. The van der Waals surface area contributed by atoms with Crippen LogP contribution in [-0.4, -0.2) is 44.6 Å². The van der Waals surface area contributed by atoms with Gasteiger partial charge in [-0.2, -0.15) is 0 Å². The maximum absolute atomic E-state index is 12.6. The van der Waals surface area contributed by atoms with Crippen molar-refractivity contribution in [3.8, 4) is 5.75 Å². The lowest BCUT2D eigenvalue weighted by Gasteiger charge is -2.11. The molecule has 0 heterocycles. The lowest BCUT2D eigenvalue weighted by Crippen LogP contribution is -2.22. The summed E-state index contributed by atoms with van der Waals surface area (Å²) in [5.41, 5.74) is 2.16. The van der Waals surface area contributed by atoms with Crippen molar-refractivity contribution < 1.29 is 33.4 Å². The first-order valence-corrected chi connectivity index (χ1v) is 11.1. The lowest BCUT2D eigenvalue weighted by molar-refractivity contribution is -0.119. The molecule has 0 aliphatic carbocycles. The van der Waals surface area contributed by atoms with E-state index in [9.17, 15) is 19.2 Å². The maximum atomic E-state index is 12.6. The number of esters is 2. The number of para-hydroxylation sites is 1. The second-order valence-electron chi connectivity index (χ2n) is 7.64. The Kier molecular flexibility index (Phi) is 9.16. The second-order valence-corrected chi connectivity index (χ2v) is 7.64. The number of carbonyl (C=O) groups is 4. The number of hydrogen-bond acceptors (Lipinski definition) is 7. The molecule has 0 aromatic heterocycles. The van der Waals surface area contributed by atoms with Crippen LogP contribution in [-0.2, 0) is 25.5 Å². The first-order chi connectivity index (χ1) is 17.4. The predicted molar refractivity (Wildman–Crippen MR) is 133 cm³/mol. The summed E-state index contributed by atoms with van der Waals surface area (Å²) in [6, 6.07) is 19.9. The minimum Gasteiger partial charge on any atom is -0.497 e. The molecule has 0 aliphatic heterocycles. The molecule has 2 amide bonds. The van der Waals surface area contributed by atoms with E-state index in [1.165, 1.54) is 37.4 Å². The SMILES string of the molecule is COC(=O)c1ccc(NC(=O)COC(=O)c2ccccc2NC(=O)CCc2ccc(OC)cc2)cc1. The number of aryl methyl sites for hydroxylation is 1. The van der Waals surface area contributed by atoms with Crippen LogP contribution in [0.1, 0.15) is 32.7 Å². The van der Waals surface area contributed by atoms with Crippen molar-refractivity contribution in [1.82, 2.24) is 0 Å². The van der Waals surface area contributed by atoms with Crippen molar-refractivity contribution in [1.29, 1.82) is 0 Å². The van der Waals surface area contributed by atoms with Crippen LogP contribution in [0.2, 0.25) is 0 Å². The number of amides is 2. The molecule has 0 aliphatic rings. The van der Waals surface area contributed by atoms with E-state index in [1.54, 1.807) is 25.3 Å². The van der Waals surface area contributed by atoms with Crippen molar-refractivity contribution in [2.75, 3.05) is 31.5 Å². The number of benzene rings is 3. The highest BCUT2D eigenvalue weighted by atomic mass is 16.5. The number of nitrogens with one attached hydrogen (secondary N) is 2. The van der Waals surface area contributed by atoms with Gasteiger partial charge in [-0.3, -0.25) is 9.59 Å². The van der Waals surface area contributed by atoms with Gasteiger partial charge in [-0.25, -0.2) is 9.59 Å². The molecule has 186 valence electrons. The topological polar surface area (TPSA) is 120 Å². The zero-order chi connectivity index (χ0) is 25.9. The van der Waals surface area contributed by atoms with E-state index in [4.69, 9.17) is 9.47 Å². The molecule has 3 aromatic carbocycles. The van der Waals surface area contributed by atoms with Crippen molar-refractivity contribution in [2.24, 2.45) is 0 Å². The number of rotatable bonds is 10. The fraction of sp³-hybridized carbons (Fsp3) is 0.185. The lowest BCUT2D eigenvalue weighted by atomic mass is 10.1. The highest BCUT2D eigenvalue weighted by Gasteiger charge is 2.16. The van der Waals surface area contributed by atoms with Crippen LogP contribution < -0.4 is 15.4 Å². The molecule has 2 N–H and O–H groups in total. The first-order valence-electron chi connectivity index (χ1n) is 11.1. The average Bonchev–Trinajstić information content (AvgIpc) is 2.91. The summed E-state index contributed by atoms with van der Waals surface area (Å²) in [7, 11) is 2.86. The van der Waals surface area contributed by atoms with Gasteiger partial charge in [0.1, 0.15) is 5.75 Å². The van der Waals surface area contributed by atoms with E-state index in [0.29, 0.717) is 23.4 Å². The molecule has 9 nitrogen and oxygen atoms in total. The molecule has 0 bridgehead atoms. The summed E-state index contributed by atoms with van der Waals surface area (Å²) in [6.07, 6.45) is 0.732. The molecular formula is C27H26N2O7. The van der Waals surface area contributed by atoms with E-state index < -0.39 is 24.5 Å². The monoisotopic (exact) mass is 490 g/mol. The van der Waals surface area contributed by atoms with Gasteiger partial charge in [-0.05, 0) is 60.5 Å². The quantitative estimate of drug-likeness (QED) is 0.414. The van der Waals surface area contributed by atoms with Gasteiger partial charge >= 0.3 is 11.9 Å². The van der Waals surface area contributed by atoms with Gasteiger partial charge in [0.2, 0.25) is 5.91 Å². The summed E-state index contributed by atoms with van der Waals surface area (Å²) < 4.78 is 14.9. The molecule has 3 rings (SSSR count). The largest absolute Gasteiger partial charge is 0.497 e. The molecule has 3 aromatic rings. The highest BCUT2D eigenvalue weighted by Crippen LogP contribution is 2.18. The normalized spacial score (nSPS) is 10.2. The summed E-state index contributed by atoms with van der Waals surface area (Å²) in [4.78, 5) is 48.7. The Bertz CT molecular complexity index is 1220. The van der Waals surface area contributed by atoms with Crippen LogP contribution in [0, 0.1) is 0 Å². The minimum atomic E-state index is -0.753. The third-order valence-corrected chi connectivity index (χ3v) is 5.14. The van der Waals surface area contributed by atoms with Crippen LogP contribution in [0.25, 0.3) is 0 Å². The fourth-order valence-corrected chi connectivity index (χ4v) is 3.25. The van der Waals surface area contributed by atoms with Gasteiger partial charge in [-0.1, -0.05) is 24.3 Å². The molecule has 0 unspecified atom stereocenters. The fourth-order valence-electron chi connectivity index (χ4n) is 3.25. The highest BCUT2D eigenvalue weighted by molar-refractivity contribution is 6.02. The zero-order valence-corrected chi connectivity index (χ0v) is 19.9. The zero-order valence-electron chi connectivity index (χ0n) is 19.9. The standard InChI is InChI=1S/C27H26N2O7/c1-34-21-14-7-18(8-15-21)9-16-24(30)29-23-6-4-3-5-22(23)27(33)36-17-25(31)28-20-12-10-19(11-13-20)26(32)35-2/h3-8,10-15H,9,16-17H2,1-2H3,(H,28,31)(H,29,30). The first kappa shape index (κ1) is 26.0. The molecule has 0 spiro atoms. The number of ether oxygens (including phenoxy) is 3. The molecule has 0 saturated carbocycles. The minimum absolute atomic E-state index is 0.130.